The molecule has 1 aromatic heterocycles. The number of hydrogen-bond donors (Lipinski definition) is 0. The van der Waals surface area contributed by atoms with Crippen LogP contribution in [0.3, 0.4) is 0 Å². The summed E-state index contributed by atoms with van der Waals surface area (Å²) in [6.45, 7) is 6.64. The first-order valence-electron chi connectivity index (χ1n) is 9.94. The molecule has 8 nitrogen and oxygen atoms in total. The van der Waals surface area contributed by atoms with Gasteiger partial charge in [-0.1, -0.05) is 24.8 Å². The van der Waals surface area contributed by atoms with Crippen LogP contribution in [0.2, 0.25) is 0 Å². The second kappa shape index (κ2) is 9.83. The molecule has 30 heavy (non-hydrogen) atoms. The quantitative estimate of drug-likeness (QED) is 0.509. The Labute approximate surface area is 175 Å². The lowest BCUT2D eigenvalue weighted by Crippen LogP contribution is -2.40. The van der Waals surface area contributed by atoms with Crippen LogP contribution in [0.25, 0.3) is 11.0 Å². The minimum absolute atomic E-state index is 0.00199. The molecule has 0 amide bonds. The number of hydrogen-bond acceptors (Lipinski definition) is 8. The predicted molar refractivity (Wildman–Crippen MR) is 111 cm³/mol. The Morgan fingerprint density at radius 1 is 1.33 bits per heavy atom. The van der Waals surface area contributed by atoms with Gasteiger partial charge in [0.25, 0.3) is 0 Å². The smallest absolute Gasteiger partial charge is 0.330 e. The summed E-state index contributed by atoms with van der Waals surface area (Å²) < 4.78 is 10.3. The molecule has 8 heteroatoms. The van der Waals surface area contributed by atoms with Gasteiger partial charge >= 0.3 is 11.9 Å². The Morgan fingerprint density at radius 3 is 2.73 bits per heavy atom. The van der Waals surface area contributed by atoms with E-state index in [1.807, 2.05) is 29.2 Å². The Kier molecular flexibility index (Phi) is 6.96. The number of benzene rings is 1. The number of esters is 2. The third kappa shape index (κ3) is 4.57. The second-order valence-corrected chi connectivity index (χ2v) is 6.94. The monoisotopic (exact) mass is 408 g/mol. The van der Waals surface area contributed by atoms with Crippen LogP contribution in [0.5, 0.6) is 0 Å². The van der Waals surface area contributed by atoms with Crippen molar-refractivity contribution in [1.82, 2.24) is 9.97 Å². The van der Waals surface area contributed by atoms with E-state index < -0.39 is 11.9 Å². The van der Waals surface area contributed by atoms with Gasteiger partial charge in [-0.3, -0.25) is 9.59 Å². The van der Waals surface area contributed by atoms with E-state index in [-0.39, 0.29) is 24.2 Å². The molecule has 1 aromatic carbocycles. The molecule has 1 aliphatic rings. The van der Waals surface area contributed by atoms with Crippen molar-refractivity contribution in [2.24, 2.45) is 5.92 Å². The van der Waals surface area contributed by atoms with Crippen molar-refractivity contribution >= 4 is 28.8 Å². The van der Waals surface area contributed by atoms with Gasteiger partial charge in [-0.2, -0.15) is 5.26 Å². The summed E-state index contributed by atoms with van der Waals surface area (Å²) in [5, 5.41) is 9.72. The molecule has 1 fully saturated rings. The van der Waals surface area contributed by atoms with E-state index >= 15 is 0 Å². The number of para-hydroxylation sites is 2. The Bertz CT molecular complexity index is 985. The number of fused-ring (bicyclic) bond motifs is 1. The Morgan fingerprint density at radius 2 is 2.07 bits per heavy atom. The Hall–Kier alpha value is -3.47. The summed E-state index contributed by atoms with van der Waals surface area (Å²) in [6.07, 6.45) is 2.91. The van der Waals surface area contributed by atoms with Gasteiger partial charge in [-0.25, -0.2) is 9.97 Å². The molecule has 0 N–H and O–H groups in total. The van der Waals surface area contributed by atoms with E-state index in [4.69, 9.17) is 14.5 Å². The number of piperidine rings is 1. The summed E-state index contributed by atoms with van der Waals surface area (Å²) in [4.78, 5) is 36.0. The highest BCUT2D eigenvalue weighted by Gasteiger charge is 2.33. The van der Waals surface area contributed by atoms with Gasteiger partial charge in [-0.05, 0) is 31.9 Å². The molecule has 0 bridgehead atoms. The molecule has 2 atom stereocenters. The molecule has 0 aliphatic carbocycles. The van der Waals surface area contributed by atoms with Crippen molar-refractivity contribution in [3.05, 3.63) is 42.6 Å². The first kappa shape index (κ1) is 21.2. The van der Waals surface area contributed by atoms with Crippen molar-refractivity contribution < 1.29 is 19.1 Å². The highest BCUT2D eigenvalue weighted by molar-refractivity contribution is 5.85. The summed E-state index contributed by atoms with van der Waals surface area (Å²) in [5.74, 6) is -2.07. The molecular formula is C22H24N4O4. The van der Waals surface area contributed by atoms with Gasteiger partial charge in [0.2, 0.25) is 0 Å². The number of rotatable bonds is 7. The maximum Gasteiger partial charge on any atom is 0.330 e. The zero-order valence-corrected chi connectivity index (χ0v) is 16.9. The third-order valence-corrected chi connectivity index (χ3v) is 4.90. The van der Waals surface area contributed by atoms with E-state index in [0.29, 0.717) is 43.0 Å². The molecule has 0 saturated carbocycles. The number of nitriles is 1. The van der Waals surface area contributed by atoms with Crippen molar-refractivity contribution in [1.29, 1.82) is 5.26 Å². The molecular weight excluding hydrogens is 384 g/mol. The summed E-state index contributed by atoms with van der Waals surface area (Å²) in [5.41, 5.74) is 1.45. The fourth-order valence-electron chi connectivity index (χ4n) is 3.50. The number of carbonyl (C=O) groups excluding carboxylic acids is 2. The lowest BCUT2D eigenvalue weighted by atomic mass is 9.97. The van der Waals surface area contributed by atoms with E-state index in [0.717, 1.165) is 6.42 Å². The molecule has 3 rings (SSSR count). The van der Waals surface area contributed by atoms with Crippen LogP contribution in [0.4, 0.5) is 5.82 Å². The van der Waals surface area contributed by atoms with Gasteiger partial charge < -0.3 is 14.4 Å². The molecule has 1 saturated heterocycles. The molecule has 0 radical (unpaired) electrons. The average molecular weight is 408 g/mol. The first-order valence-corrected chi connectivity index (χ1v) is 9.94. The topological polar surface area (TPSA) is 105 Å². The lowest BCUT2D eigenvalue weighted by molar-refractivity contribution is -0.148. The van der Waals surface area contributed by atoms with E-state index in [1.165, 1.54) is 6.08 Å². The SMILES string of the molecule is C=CCOC(=O)[C@@H](C#N)c1nc2ccccc2nc1N1CCC[C@H](C(=O)OCC)C1. The molecule has 0 spiro atoms. The average Bonchev–Trinajstić information content (AvgIpc) is 2.78. The van der Waals surface area contributed by atoms with Crippen LogP contribution < -0.4 is 4.90 Å². The van der Waals surface area contributed by atoms with Crippen molar-refractivity contribution in [3.63, 3.8) is 0 Å². The van der Waals surface area contributed by atoms with E-state index in [9.17, 15) is 14.9 Å². The number of ether oxygens (including phenoxy) is 2. The summed E-state index contributed by atoms with van der Waals surface area (Å²) >= 11 is 0. The predicted octanol–water partition coefficient (Wildman–Crippen LogP) is 2.75. The summed E-state index contributed by atoms with van der Waals surface area (Å²) in [6, 6.07) is 9.25. The van der Waals surface area contributed by atoms with E-state index in [1.54, 1.807) is 13.0 Å². The first-order chi connectivity index (χ1) is 14.6. The van der Waals surface area contributed by atoms with Gasteiger partial charge in [0.1, 0.15) is 12.3 Å². The fourth-order valence-corrected chi connectivity index (χ4v) is 3.50. The number of anilines is 1. The van der Waals surface area contributed by atoms with Crippen LogP contribution in [0.1, 0.15) is 31.4 Å². The van der Waals surface area contributed by atoms with Crippen LogP contribution in [-0.4, -0.2) is 48.2 Å². The molecule has 0 unspecified atom stereocenters. The maximum atomic E-state index is 12.5. The highest BCUT2D eigenvalue weighted by atomic mass is 16.5. The van der Waals surface area contributed by atoms with Crippen LogP contribution in [-0.2, 0) is 19.1 Å². The highest BCUT2D eigenvalue weighted by Crippen LogP contribution is 2.31. The minimum atomic E-state index is -1.24. The number of carbonyl (C=O) groups is 2. The van der Waals surface area contributed by atoms with Gasteiger partial charge in [0.15, 0.2) is 11.7 Å². The third-order valence-electron chi connectivity index (χ3n) is 4.90. The van der Waals surface area contributed by atoms with Crippen LogP contribution in [0.15, 0.2) is 36.9 Å². The van der Waals surface area contributed by atoms with Crippen molar-refractivity contribution in [2.45, 2.75) is 25.7 Å². The molecule has 1 aliphatic heterocycles. The normalized spacial score (nSPS) is 17.1. The minimum Gasteiger partial charge on any atom is -0.466 e. The standard InChI is InChI=1S/C22H24N4O4/c1-3-12-30-22(28)16(13-23)19-20(25-18-10-6-5-9-17(18)24-19)26-11-7-8-15(14-26)21(27)29-4-2/h3,5-6,9-10,15-16H,1,4,7-8,11-12,14H2,2H3/t15-,16-/m0/s1. The van der Waals surface area contributed by atoms with Gasteiger partial charge in [0, 0.05) is 13.1 Å². The zero-order valence-electron chi connectivity index (χ0n) is 16.9. The number of aromatic nitrogens is 2. The molecule has 156 valence electrons. The lowest BCUT2D eigenvalue weighted by Gasteiger charge is -2.33. The van der Waals surface area contributed by atoms with Crippen LogP contribution >= 0.6 is 0 Å². The van der Waals surface area contributed by atoms with Gasteiger partial charge in [-0.15, -0.1) is 0 Å². The summed E-state index contributed by atoms with van der Waals surface area (Å²) in [7, 11) is 0. The van der Waals surface area contributed by atoms with Gasteiger partial charge in [0.05, 0.1) is 29.6 Å². The number of nitrogens with zero attached hydrogens (tertiary/aromatic N) is 4. The fraction of sp³-hybridized carbons (Fsp3) is 0.409. The van der Waals surface area contributed by atoms with Crippen molar-refractivity contribution in [3.8, 4) is 6.07 Å². The van der Waals surface area contributed by atoms with E-state index in [2.05, 4.69) is 11.6 Å². The second-order valence-electron chi connectivity index (χ2n) is 6.94. The molecule has 2 aromatic rings. The zero-order chi connectivity index (χ0) is 21.5. The largest absolute Gasteiger partial charge is 0.466 e. The maximum absolute atomic E-state index is 12.5. The molecule has 2 heterocycles. The van der Waals surface area contributed by atoms with Crippen LogP contribution in [0, 0.1) is 17.2 Å². The van der Waals surface area contributed by atoms with Crippen molar-refractivity contribution in [2.75, 3.05) is 31.2 Å². The Balaban J connectivity index is 2.02.